The molecule has 0 bridgehead atoms. The Labute approximate surface area is 216 Å². The number of ether oxygens (including phenoxy) is 1. The first-order chi connectivity index (χ1) is 16.8. The predicted octanol–water partition coefficient (Wildman–Crippen LogP) is 9.08. The zero-order chi connectivity index (χ0) is 26.8. The summed E-state index contributed by atoms with van der Waals surface area (Å²) >= 11 is 1.52. The second kappa shape index (κ2) is 10.7. The van der Waals surface area contributed by atoms with Crippen LogP contribution in [0.15, 0.2) is 42.5 Å². The molecule has 0 saturated heterocycles. The molecule has 0 spiro atoms. The van der Waals surface area contributed by atoms with E-state index in [1.54, 1.807) is 6.92 Å². The fraction of sp³-hybridized carbons (Fsp3) is 0.433. The van der Waals surface area contributed by atoms with Crippen molar-refractivity contribution in [3.05, 3.63) is 58.5 Å². The second-order valence-corrected chi connectivity index (χ2v) is 11.7. The molecule has 0 aliphatic carbocycles. The van der Waals surface area contributed by atoms with Crippen LogP contribution >= 0.6 is 11.3 Å². The van der Waals surface area contributed by atoms with Gasteiger partial charge in [-0.3, -0.25) is 0 Å². The van der Waals surface area contributed by atoms with Gasteiger partial charge in [-0.2, -0.15) is 0 Å². The molecule has 0 radical (unpaired) electrons. The van der Waals surface area contributed by atoms with E-state index < -0.39 is 19.0 Å². The number of alkyl halides is 2. The Morgan fingerprint density at radius 3 is 2.31 bits per heavy atom. The lowest BCUT2D eigenvalue weighted by Gasteiger charge is -2.32. The molecule has 1 aromatic heterocycles. The van der Waals surface area contributed by atoms with Gasteiger partial charge in [-0.05, 0) is 65.5 Å². The van der Waals surface area contributed by atoms with Gasteiger partial charge in [0.15, 0.2) is 0 Å². The Bertz CT molecular complexity index is 1280. The van der Waals surface area contributed by atoms with Crippen molar-refractivity contribution in [2.75, 3.05) is 6.61 Å². The highest BCUT2D eigenvalue weighted by Gasteiger charge is 2.30. The van der Waals surface area contributed by atoms with Crippen molar-refractivity contribution in [1.82, 2.24) is 0 Å². The SMILES string of the molecule is CCC(C)(C)c1cc(-c2cccc3sc(C(C)=CC(=O)O)cc23)c(OCC(F)F)c(C(C)(C)CC)c1. The van der Waals surface area contributed by atoms with E-state index in [0.717, 1.165) is 50.1 Å². The zero-order valence-electron chi connectivity index (χ0n) is 22.2. The summed E-state index contributed by atoms with van der Waals surface area (Å²) in [4.78, 5) is 12.1. The third kappa shape index (κ3) is 5.80. The maximum absolute atomic E-state index is 13.4. The average Bonchev–Trinajstić information content (AvgIpc) is 3.26. The molecule has 3 nitrogen and oxygen atoms in total. The first-order valence-corrected chi connectivity index (χ1v) is 13.2. The van der Waals surface area contributed by atoms with Gasteiger partial charge < -0.3 is 9.84 Å². The summed E-state index contributed by atoms with van der Waals surface area (Å²) in [5.41, 5.74) is 4.00. The minimum absolute atomic E-state index is 0.122. The highest BCUT2D eigenvalue weighted by Crippen LogP contribution is 2.47. The number of aliphatic carboxylic acids is 1. The maximum Gasteiger partial charge on any atom is 0.328 e. The van der Waals surface area contributed by atoms with Crippen LogP contribution in [0, 0.1) is 0 Å². The van der Waals surface area contributed by atoms with Crippen molar-refractivity contribution in [1.29, 1.82) is 0 Å². The topological polar surface area (TPSA) is 46.5 Å². The lowest BCUT2D eigenvalue weighted by Crippen LogP contribution is -2.22. The third-order valence-electron chi connectivity index (χ3n) is 7.30. The number of rotatable bonds is 10. The van der Waals surface area contributed by atoms with Crippen molar-refractivity contribution < 1.29 is 23.4 Å². The lowest BCUT2D eigenvalue weighted by molar-refractivity contribution is -0.131. The number of allylic oxidation sites excluding steroid dienone is 1. The van der Waals surface area contributed by atoms with Gasteiger partial charge >= 0.3 is 5.97 Å². The van der Waals surface area contributed by atoms with E-state index in [1.807, 2.05) is 24.3 Å². The van der Waals surface area contributed by atoms with E-state index in [2.05, 4.69) is 53.7 Å². The van der Waals surface area contributed by atoms with Crippen molar-refractivity contribution in [3.8, 4) is 16.9 Å². The average molecular weight is 515 g/mol. The predicted molar refractivity (Wildman–Crippen MR) is 147 cm³/mol. The number of thiophene rings is 1. The van der Waals surface area contributed by atoms with Crippen molar-refractivity contribution in [2.24, 2.45) is 0 Å². The van der Waals surface area contributed by atoms with E-state index in [-0.39, 0.29) is 10.8 Å². The van der Waals surface area contributed by atoms with Crippen LogP contribution < -0.4 is 4.74 Å². The van der Waals surface area contributed by atoms with Crippen LogP contribution in [0.3, 0.4) is 0 Å². The van der Waals surface area contributed by atoms with Gasteiger partial charge in [-0.15, -0.1) is 11.3 Å². The number of carboxylic acids is 1. The van der Waals surface area contributed by atoms with E-state index >= 15 is 0 Å². The van der Waals surface area contributed by atoms with Gasteiger partial charge in [0.05, 0.1) is 0 Å². The highest BCUT2D eigenvalue weighted by atomic mass is 32.1. The normalized spacial score (nSPS) is 13.0. The molecule has 3 rings (SSSR count). The summed E-state index contributed by atoms with van der Waals surface area (Å²) in [6.07, 6.45) is 0.351. The number of benzene rings is 2. The number of carboxylic acid groups (broad SMARTS) is 1. The molecule has 0 unspecified atom stereocenters. The fourth-order valence-electron chi connectivity index (χ4n) is 4.17. The molecule has 0 atom stereocenters. The van der Waals surface area contributed by atoms with Crippen molar-refractivity contribution in [3.63, 3.8) is 0 Å². The molecule has 1 heterocycles. The Kier molecular flexibility index (Phi) is 8.29. The standard InChI is InChI=1S/C30H36F2O3S/c1-8-29(4,5)19-14-22(28(35-17-26(31)32)23(15-19)30(6,7)9-2)20-11-10-12-24-21(20)16-25(36-24)18(3)13-27(33)34/h10-16,26H,8-9,17H2,1-7H3,(H,33,34). The van der Waals surface area contributed by atoms with Gasteiger partial charge in [-0.1, -0.05) is 59.7 Å². The minimum Gasteiger partial charge on any atom is -0.487 e. The molecule has 0 aliphatic rings. The molecule has 0 amide bonds. The quantitative estimate of drug-likeness (QED) is 0.275. The Hall–Kier alpha value is -2.73. The number of hydrogen-bond acceptors (Lipinski definition) is 3. The molecule has 0 fully saturated rings. The highest BCUT2D eigenvalue weighted by molar-refractivity contribution is 7.20. The van der Waals surface area contributed by atoms with Gasteiger partial charge in [0, 0.05) is 32.2 Å². The van der Waals surface area contributed by atoms with Gasteiger partial charge in [0.2, 0.25) is 0 Å². The monoisotopic (exact) mass is 514 g/mol. The summed E-state index contributed by atoms with van der Waals surface area (Å²) in [5.74, 6) is -0.496. The number of carbonyl (C=O) groups is 1. The van der Waals surface area contributed by atoms with Gasteiger partial charge in [0.1, 0.15) is 12.4 Å². The Morgan fingerprint density at radius 1 is 1.06 bits per heavy atom. The largest absolute Gasteiger partial charge is 0.487 e. The van der Waals surface area contributed by atoms with Crippen LogP contribution in [0.5, 0.6) is 5.75 Å². The molecule has 6 heteroatoms. The molecule has 1 N–H and O–H groups in total. The first-order valence-electron chi connectivity index (χ1n) is 12.3. The summed E-state index contributed by atoms with van der Waals surface area (Å²) in [6.45, 7) is 14.0. The van der Waals surface area contributed by atoms with Crippen LogP contribution in [0.1, 0.15) is 77.3 Å². The van der Waals surface area contributed by atoms with Crippen molar-refractivity contribution in [2.45, 2.75) is 78.6 Å². The molecule has 36 heavy (non-hydrogen) atoms. The zero-order valence-corrected chi connectivity index (χ0v) is 23.0. The van der Waals surface area contributed by atoms with Crippen LogP contribution in [-0.2, 0) is 15.6 Å². The minimum atomic E-state index is -2.59. The molecule has 3 aromatic rings. The maximum atomic E-state index is 13.4. The van der Waals surface area contributed by atoms with E-state index in [0.29, 0.717) is 11.3 Å². The summed E-state index contributed by atoms with van der Waals surface area (Å²) in [7, 11) is 0. The van der Waals surface area contributed by atoms with Crippen LogP contribution in [0.2, 0.25) is 0 Å². The molecular weight excluding hydrogens is 478 g/mol. The van der Waals surface area contributed by atoms with Crippen LogP contribution in [0.25, 0.3) is 26.8 Å². The molecule has 2 aromatic carbocycles. The number of halogens is 2. The van der Waals surface area contributed by atoms with E-state index in [1.165, 1.54) is 17.4 Å². The summed E-state index contributed by atoms with van der Waals surface area (Å²) in [5, 5.41) is 10.2. The second-order valence-electron chi connectivity index (χ2n) is 10.6. The molecule has 194 valence electrons. The first kappa shape index (κ1) is 27.9. The Balaban J connectivity index is 2.40. The number of hydrogen-bond donors (Lipinski definition) is 1. The molecule has 0 aliphatic heterocycles. The van der Waals surface area contributed by atoms with Gasteiger partial charge in [-0.25, -0.2) is 13.6 Å². The molecular formula is C30H36F2O3S. The summed E-state index contributed by atoms with van der Waals surface area (Å²) < 4.78 is 33.6. The van der Waals surface area contributed by atoms with Gasteiger partial charge in [0.25, 0.3) is 6.43 Å². The van der Waals surface area contributed by atoms with Crippen molar-refractivity contribution >= 4 is 33.0 Å². The third-order valence-corrected chi connectivity index (χ3v) is 8.54. The smallest absolute Gasteiger partial charge is 0.328 e. The van der Waals surface area contributed by atoms with E-state index in [9.17, 15) is 18.7 Å². The van der Waals surface area contributed by atoms with E-state index in [4.69, 9.17) is 4.74 Å². The lowest BCUT2D eigenvalue weighted by atomic mass is 9.74. The number of fused-ring (bicyclic) bond motifs is 1. The van der Waals surface area contributed by atoms with Crippen LogP contribution in [-0.4, -0.2) is 24.1 Å². The summed E-state index contributed by atoms with van der Waals surface area (Å²) in [6, 6.07) is 12.2. The Morgan fingerprint density at radius 2 is 1.72 bits per heavy atom. The fourth-order valence-corrected chi connectivity index (χ4v) is 5.22. The molecule has 0 saturated carbocycles. The van der Waals surface area contributed by atoms with Crippen LogP contribution in [0.4, 0.5) is 8.78 Å².